The van der Waals surface area contributed by atoms with Crippen LogP contribution < -0.4 is 10.1 Å². The molecule has 1 amide bonds. The van der Waals surface area contributed by atoms with Crippen LogP contribution in [-0.4, -0.2) is 28.3 Å². The number of aromatic nitrogens is 2. The highest BCUT2D eigenvalue weighted by Gasteiger charge is 2.72. The fourth-order valence-electron chi connectivity index (χ4n) is 4.46. The molecule has 142 valence electrons. The van der Waals surface area contributed by atoms with E-state index in [1.165, 1.54) is 18.2 Å². The number of benzene rings is 1. The Kier molecular flexibility index (Phi) is 3.57. The minimum Gasteiger partial charge on any atom is -0.484 e. The third kappa shape index (κ3) is 2.79. The number of nitrogens with zero attached hydrogens (tertiary/aromatic N) is 2. The number of carbonyl (C=O) groups is 1. The first-order valence-corrected chi connectivity index (χ1v) is 9.49. The van der Waals surface area contributed by atoms with Gasteiger partial charge in [0.2, 0.25) is 11.8 Å². The van der Waals surface area contributed by atoms with Crippen molar-refractivity contribution in [2.24, 2.45) is 5.92 Å². The van der Waals surface area contributed by atoms with Crippen molar-refractivity contribution in [2.45, 2.75) is 49.5 Å². The second-order valence-corrected chi connectivity index (χ2v) is 8.68. The second-order valence-electron chi connectivity index (χ2n) is 8.27. The van der Waals surface area contributed by atoms with Crippen molar-refractivity contribution in [3.8, 4) is 5.75 Å². The second kappa shape index (κ2) is 5.67. The summed E-state index contributed by atoms with van der Waals surface area (Å²) in [5.41, 5.74) is -0.274. The van der Waals surface area contributed by atoms with E-state index in [-0.39, 0.29) is 34.2 Å². The molecule has 4 fully saturated rings. The quantitative estimate of drug-likeness (QED) is 0.817. The van der Waals surface area contributed by atoms with Gasteiger partial charge in [0.25, 0.3) is 5.91 Å². The normalized spacial score (nSPS) is 33.0. The average Bonchev–Trinajstić information content (AvgIpc) is 3.10. The fraction of sp³-hybridized carbons (Fsp3) is 0.526. The lowest BCUT2D eigenvalue weighted by molar-refractivity contribution is -0.143. The zero-order valence-corrected chi connectivity index (χ0v) is 15.6. The third-order valence-electron chi connectivity index (χ3n) is 6.02. The van der Waals surface area contributed by atoms with Crippen LogP contribution in [-0.2, 0) is 10.2 Å². The van der Waals surface area contributed by atoms with Crippen molar-refractivity contribution >= 4 is 17.5 Å². The van der Waals surface area contributed by atoms with Crippen LogP contribution in [0.5, 0.6) is 5.75 Å². The third-order valence-corrected chi connectivity index (χ3v) is 6.32. The van der Waals surface area contributed by atoms with E-state index in [0.29, 0.717) is 17.7 Å². The van der Waals surface area contributed by atoms with Crippen LogP contribution in [0, 0.1) is 11.7 Å². The lowest BCUT2D eigenvalue weighted by atomic mass is 9.39. The van der Waals surface area contributed by atoms with Crippen LogP contribution in [0.2, 0.25) is 5.02 Å². The molecule has 1 heterocycles. The summed E-state index contributed by atoms with van der Waals surface area (Å²) in [6.07, 6.45) is 3.54. The molecule has 27 heavy (non-hydrogen) atoms. The summed E-state index contributed by atoms with van der Waals surface area (Å²) >= 11 is 5.63. The number of rotatable bonds is 6. The van der Waals surface area contributed by atoms with E-state index in [4.69, 9.17) is 20.8 Å². The lowest BCUT2D eigenvalue weighted by Gasteiger charge is -2.68. The molecule has 1 aromatic heterocycles. The molecule has 0 spiro atoms. The van der Waals surface area contributed by atoms with Gasteiger partial charge >= 0.3 is 0 Å². The van der Waals surface area contributed by atoms with Crippen LogP contribution in [0.1, 0.15) is 50.3 Å². The minimum atomic E-state index is -0.574. The van der Waals surface area contributed by atoms with E-state index in [0.717, 1.165) is 31.6 Å². The Bertz CT molecular complexity index is 911. The Balaban J connectivity index is 1.13. The largest absolute Gasteiger partial charge is 0.484 e. The topological polar surface area (TPSA) is 77.2 Å². The molecule has 2 bridgehead atoms. The molecular formula is C19H19ClFN3O3. The molecule has 0 saturated heterocycles. The van der Waals surface area contributed by atoms with Gasteiger partial charge in [0.1, 0.15) is 11.6 Å². The molecule has 4 aliphatic rings. The monoisotopic (exact) mass is 391 g/mol. The van der Waals surface area contributed by atoms with E-state index < -0.39 is 5.82 Å². The van der Waals surface area contributed by atoms with Gasteiger partial charge < -0.3 is 14.5 Å². The maximum Gasteiger partial charge on any atom is 0.258 e. The van der Waals surface area contributed by atoms with Gasteiger partial charge in [-0.25, -0.2) is 4.39 Å². The predicted molar refractivity (Wildman–Crippen MR) is 94.1 cm³/mol. The summed E-state index contributed by atoms with van der Waals surface area (Å²) in [5.74, 6) is 1.98. The molecule has 1 aromatic carbocycles. The van der Waals surface area contributed by atoms with Gasteiger partial charge in [-0.1, -0.05) is 18.5 Å². The van der Waals surface area contributed by atoms with Gasteiger partial charge in [0.15, 0.2) is 6.61 Å². The number of carbonyl (C=O) groups excluding carboxylic acids is 1. The number of hydrogen-bond donors (Lipinski definition) is 1. The highest BCUT2D eigenvalue weighted by atomic mass is 35.5. The highest BCUT2D eigenvalue weighted by molar-refractivity contribution is 6.30. The van der Waals surface area contributed by atoms with Crippen LogP contribution in [0.3, 0.4) is 0 Å². The standard InChI is InChI=1S/C19H19ClFN3O3/c1-10-4-12(10)16-23-24-17(27-16)18-7-19(8-18,9-18)22-15(25)6-26-11-2-3-13(20)14(21)5-11/h2-3,5,10,12H,4,6-9H2,1H3,(H,22,25)/t10-,12-,18?,19?/m1/s1. The van der Waals surface area contributed by atoms with Crippen LogP contribution in [0.25, 0.3) is 0 Å². The van der Waals surface area contributed by atoms with Crippen molar-refractivity contribution in [1.29, 1.82) is 0 Å². The highest BCUT2D eigenvalue weighted by Crippen LogP contribution is 2.67. The summed E-state index contributed by atoms with van der Waals surface area (Å²) < 4.78 is 24.6. The molecule has 4 saturated carbocycles. The molecule has 0 unspecified atom stereocenters. The van der Waals surface area contributed by atoms with Gasteiger partial charge in [-0.3, -0.25) is 4.79 Å². The Morgan fingerprint density at radius 3 is 2.81 bits per heavy atom. The van der Waals surface area contributed by atoms with Gasteiger partial charge in [0.05, 0.1) is 10.4 Å². The van der Waals surface area contributed by atoms with Gasteiger partial charge in [-0.2, -0.15) is 0 Å². The van der Waals surface area contributed by atoms with Crippen LogP contribution in [0.15, 0.2) is 22.6 Å². The smallest absolute Gasteiger partial charge is 0.258 e. The molecule has 2 atom stereocenters. The van der Waals surface area contributed by atoms with Gasteiger partial charge in [0, 0.05) is 17.5 Å². The van der Waals surface area contributed by atoms with Gasteiger partial charge in [-0.05, 0) is 43.7 Å². The van der Waals surface area contributed by atoms with Crippen molar-refractivity contribution in [1.82, 2.24) is 15.5 Å². The summed E-state index contributed by atoms with van der Waals surface area (Å²) in [7, 11) is 0. The maximum absolute atomic E-state index is 13.4. The Morgan fingerprint density at radius 2 is 2.15 bits per heavy atom. The predicted octanol–water partition coefficient (Wildman–Crippen LogP) is 3.35. The molecule has 6 nitrogen and oxygen atoms in total. The molecule has 4 aliphatic carbocycles. The molecule has 8 heteroatoms. The van der Waals surface area contributed by atoms with Crippen molar-refractivity contribution in [2.75, 3.05) is 6.61 Å². The Labute approximate surface area is 160 Å². The number of halogens is 2. The van der Waals surface area contributed by atoms with Crippen molar-refractivity contribution < 1.29 is 18.3 Å². The van der Waals surface area contributed by atoms with E-state index in [1.807, 2.05) is 0 Å². The molecule has 2 aromatic rings. The van der Waals surface area contributed by atoms with Crippen LogP contribution in [0.4, 0.5) is 4.39 Å². The summed E-state index contributed by atoms with van der Waals surface area (Å²) in [4.78, 5) is 12.2. The first-order chi connectivity index (χ1) is 12.9. The van der Waals surface area contributed by atoms with Crippen molar-refractivity contribution in [3.05, 3.63) is 40.8 Å². The zero-order valence-electron chi connectivity index (χ0n) is 14.8. The molecule has 0 aliphatic heterocycles. The van der Waals surface area contributed by atoms with Crippen LogP contribution >= 0.6 is 11.6 Å². The number of amides is 1. The lowest BCUT2D eigenvalue weighted by Crippen LogP contribution is -2.77. The Hall–Kier alpha value is -2.15. The number of hydrogen-bond acceptors (Lipinski definition) is 5. The molecule has 0 radical (unpaired) electrons. The van der Waals surface area contributed by atoms with E-state index >= 15 is 0 Å². The SMILES string of the molecule is C[C@@H]1C[C@H]1c1nnc(C23CC(NC(=O)COc4ccc(Cl)c(F)c4)(C2)C3)o1. The van der Waals surface area contributed by atoms with E-state index in [2.05, 4.69) is 22.4 Å². The zero-order chi connectivity index (χ0) is 18.8. The molecule has 6 rings (SSSR count). The van der Waals surface area contributed by atoms with E-state index in [1.54, 1.807) is 0 Å². The summed E-state index contributed by atoms with van der Waals surface area (Å²) in [6, 6.07) is 4.10. The minimum absolute atomic E-state index is 0.0197. The molecule has 1 N–H and O–H groups in total. The number of ether oxygens (including phenoxy) is 1. The Morgan fingerprint density at radius 1 is 1.41 bits per heavy atom. The first-order valence-electron chi connectivity index (χ1n) is 9.11. The first kappa shape index (κ1) is 17.0. The fourth-order valence-corrected chi connectivity index (χ4v) is 4.58. The summed E-state index contributed by atoms with van der Waals surface area (Å²) in [5, 5.41) is 11.5. The maximum atomic E-state index is 13.4. The molecular weight excluding hydrogens is 373 g/mol. The average molecular weight is 392 g/mol. The van der Waals surface area contributed by atoms with Gasteiger partial charge in [-0.15, -0.1) is 10.2 Å². The van der Waals surface area contributed by atoms with Crippen molar-refractivity contribution in [3.63, 3.8) is 0 Å². The number of nitrogens with one attached hydrogen (secondary N) is 1. The summed E-state index contributed by atoms with van der Waals surface area (Å²) in [6.45, 7) is 2.01. The van der Waals surface area contributed by atoms with E-state index in [9.17, 15) is 9.18 Å².